The third-order valence-corrected chi connectivity index (χ3v) is 3.96. The van der Waals surface area contributed by atoms with Crippen LogP contribution in [0.25, 0.3) is 0 Å². The summed E-state index contributed by atoms with van der Waals surface area (Å²) in [5, 5.41) is 14.8. The Labute approximate surface area is 145 Å². The predicted molar refractivity (Wildman–Crippen MR) is 95.4 cm³/mol. The molecule has 1 atom stereocenters. The molecule has 1 unspecified atom stereocenters. The van der Waals surface area contributed by atoms with E-state index < -0.39 is 5.92 Å². The minimum atomic E-state index is -0.626. The van der Waals surface area contributed by atoms with Gasteiger partial charge in [0.2, 0.25) is 0 Å². The standard InChI is InChI=1S/C19H18FN3O2/c1-13(21-11-12-24)17-18(14-5-3-2-4-6-14)22-23(19(17)25)16-9-7-15(20)8-10-16/h2-10,17,24H,11-12H2,1H3. The molecule has 0 saturated heterocycles. The fraction of sp³-hybridized carbons (Fsp3) is 0.211. The molecule has 128 valence electrons. The number of aliphatic hydroxyl groups is 1. The molecule has 0 radical (unpaired) electrons. The smallest absolute Gasteiger partial charge is 0.262 e. The molecule has 0 bridgehead atoms. The molecule has 2 aromatic rings. The summed E-state index contributed by atoms with van der Waals surface area (Å²) in [6, 6.07) is 15.0. The number of amides is 1. The summed E-state index contributed by atoms with van der Waals surface area (Å²) in [4.78, 5) is 17.2. The van der Waals surface area contributed by atoms with Crippen molar-refractivity contribution in [3.05, 3.63) is 66.0 Å². The van der Waals surface area contributed by atoms with Crippen molar-refractivity contribution < 1.29 is 14.3 Å². The van der Waals surface area contributed by atoms with Crippen LogP contribution in [-0.2, 0) is 4.79 Å². The summed E-state index contributed by atoms with van der Waals surface area (Å²) < 4.78 is 13.2. The van der Waals surface area contributed by atoms with E-state index in [0.717, 1.165) is 5.56 Å². The van der Waals surface area contributed by atoms with Gasteiger partial charge in [-0.2, -0.15) is 10.1 Å². The second kappa shape index (κ2) is 7.36. The topological polar surface area (TPSA) is 65.3 Å². The Balaban J connectivity index is 2.03. The molecule has 1 amide bonds. The van der Waals surface area contributed by atoms with Crippen LogP contribution in [0.2, 0.25) is 0 Å². The average molecular weight is 339 g/mol. The van der Waals surface area contributed by atoms with E-state index in [1.54, 1.807) is 6.92 Å². The monoisotopic (exact) mass is 339 g/mol. The first-order valence-electron chi connectivity index (χ1n) is 7.97. The summed E-state index contributed by atoms with van der Waals surface area (Å²) in [5.74, 6) is -1.25. The average Bonchev–Trinajstić information content (AvgIpc) is 2.98. The van der Waals surface area contributed by atoms with Gasteiger partial charge in [0.25, 0.3) is 5.91 Å². The van der Waals surface area contributed by atoms with Gasteiger partial charge in [-0.25, -0.2) is 4.39 Å². The summed E-state index contributed by atoms with van der Waals surface area (Å²) in [7, 11) is 0. The van der Waals surface area contributed by atoms with Crippen LogP contribution < -0.4 is 5.01 Å². The van der Waals surface area contributed by atoms with E-state index in [1.807, 2.05) is 30.3 Å². The van der Waals surface area contributed by atoms with Gasteiger partial charge in [0.05, 0.1) is 24.6 Å². The molecule has 0 saturated carbocycles. The van der Waals surface area contributed by atoms with Crippen molar-refractivity contribution in [3.8, 4) is 0 Å². The van der Waals surface area contributed by atoms with Crippen LogP contribution in [-0.4, -0.2) is 35.6 Å². The van der Waals surface area contributed by atoms with Gasteiger partial charge in [0, 0.05) is 5.71 Å². The Hall–Kier alpha value is -2.86. The Bertz CT molecular complexity index is 816. The maximum absolute atomic E-state index is 13.2. The highest BCUT2D eigenvalue weighted by molar-refractivity contribution is 6.32. The Morgan fingerprint density at radius 2 is 1.88 bits per heavy atom. The lowest BCUT2D eigenvalue weighted by Gasteiger charge is -2.14. The van der Waals surface area contributed by atoms with E-state index in [0.29, 0.717) is 17.1 Å². The fourth-order valence-corrected chi connectivity index (χ4v) is 2.75. The predicted octanol–water partition coefficient (Wildman–Crippen LogP) is 2.65. The van der Waals surface area contributed by atoms with Crippen LogP contribution in [0.1, 0.15) is 12.5 Å². The van der Waals surface area contributed by atoms with Crippen LogP contribution in [0.3, 0.4) is 0 Å². The third-order valence-electron chi connectivity index (χ3n) is 3.96. The zero-order valence-corrected chi connectivity index (χ0v) is 13.8. The van der Waals surface area contributed by atoms with Crippen molar-refractivity contribution >= 4 is 23.0 Å². The van der Waals surface area contributed by atoms with Crippen LogP contribution in [0.5, 0.6) is 0 Å². The number of aliphatic imine (C=N–C) groups is 1. The highest BCUT2D eigenvalue weighted by Gasteiger charge is 2.39. The van der Waals surface area contributed by atoms with Crippen LogP contribution in [0.4, 0.5) is 10.1 Å². The first-order valence-corrected chi connectivity index (χ1v) is 7.97. The number of benzene rings is 2. The van der Waals surface area contributed by atoms with Crippen LogP contribution in [0, 0.1) is 11.7 Å². The second-order valence-electron chi connectivity index (χ2n) is 5.66. The van der Waals surface area contributed by atoms with E-state index in [-0.39, 0.29) is 24.9 Å². The van der Waals surface area contributed by atoms with Crippen LogP contribution >= 0.6 is 0 Å². The number of hydrazone groups is 1. The zero-order chi connectivity index (χ0) is 17.8. The van der Waals surface area contributed by atoms with Crippen molar-refractivity contribution in [2.45, 2.75) is 6.92 Å². The first kappa shape index (κ1) is 17.0. The van der Waals surface area contributed by atoms with Crippen molar-refractivity contribution in [3.63, 3.8) is 0 Å². The van der Waals surface area contributed by atoms with Crippen molar-refractivity contribution in [1.29, 1.82) is 0 Å². The number of carbonyl (C=O) groups excluding carboxylic acids is 1. The number of carbonyl (C=O) groups is 1. The van der Waals surface area contributed by atoms with E-state index in [4.69, 9.17) is 5.11 Å². The summed E-state index contributed by atoms with van der Waals surface area (Å²) in [6.45, 7) is 1.90. The number of halogens is 1. The molecule has 25 heavy (non-hydrogen) atoms. The fourth-order valence-electron chi connectivity index (χ4n) is 2.75. The molecular weight excluding hydrogens is 321 g/mol. The lowest BCUT2D eigenvalue weighted by atomic mass is 9.93. The van der Waals surface area contributed by atoms with Crippen molar-refractivity contribution in [2.75, 3.05) is 18.2 Å². The maximum Gasteiger partial charge on any atom is 0.262 e. The van der Waals surface area contributed by atoms with E-state index in [1.165, 1.54) is 29.3 Å². The minimum Gasteiger partial charge on any atom is -0.394 e. The molecular formula is C19H18FN3O2. The highest BCUT2D eigenvalue weighted by atomic mass is 19.1. The zero-order valence-electron chi connectivity index (χ0n) is 13.8. The van der Waals surface area contributed by atoms with Gasteiger partial charge in [-0.1, -0.05) is 30.3 Å². The van der Waals surface area contributed by atoms with E-state index >= 15 is 0 Å². The molecule has 1 heterocycles. The molecule has 0 spiro atoms. The molecule has 6 heteroatoms. The number of anilines is 1. The molecule has 5 nitrogen and oxygen atoms in total. The normalized spacial score (nSPS) is 17.8. The largest absolute Gasteiger partial charge is 0.394 e. The third kappa shape index (κ3) is 3.49. The molecule has 2 aromatic carbocycles. The van der Waals surface area contributed by atoms with Gasteiger partial charge < -0.3 is 5.11 Å². The van der Waals surface area contributed by atoms with Gasteiger partial charge in [-0.3, -0.25) is 9.79 Å². The molecule has 1 aliphatic rings. The molecule has 1 N–H and O–H groups in total. The summed E-state index contributed by atoms with van der Waals surface area (Å²) in [5.41, 5.74) is 2.50. The Morgan fingerprint density at radius 3 is 2.52 bits per heavy atom. The number of rotatable bonds is 5. The Morgan fingerprint density at radius 1 is 1.20 bits per heavy atom. The van der Waals surface area contributed by atoms with Gasteiger partial charge in [-0.15, -0.1) is 0 Å². The Kier molecular flexibility index (Phi) is 5.00. The van der Waals surface area contributed by atoms with Gasteiger partial charge >= 0.3 is 0 Å². The summed E-state index contributed by atoms with van der Waals surface area (Å²) >= 11 is 0. The van der Waals surface area contributed by atoms with Gasteiger partial charge in [-0.05, 0) is 36.8 Å². The van der Waals surface area contributed by atoms with Crippen LogP contribution in [0.15, 0.2) is 64.7 Å². The SMILES string of the molecule is CC(=NCCO)C1C(=O)N(c2ccc(F)cc2)N=C1c1ccccc1. The first-order chi connectivity index (χ1) is 12.1. The quantitative estimate of drug-likeness (QED) is 0.851. The lowest BCUT2D eigenvalue weighted by Crippen LogP contribution is -2.32. The van der Waals surface area contributed by atoms with Crippen molar-refractivity contribution in [1.82, 2.24) is 0 Å². The molecule has 0 aliphatic carbocycles. The second-order valence-corrected chi connectivity index (χ2v) is 5.66. The minimum absolute atomic E-state index is 0.0856. The molecule has 0 aromatic heterocycles. The van der Waals surface area contributed by atoms with Crippen molar-refractivity contribution in [2.24, 2.45) is 16.0 Å². The highest BCUT2D eigenvalue weighted by Crippen LogP contribution is 2.28. The number of hydrogen-bond acceptors (Lipinski definition) is 4. The number of hydrogen-bond donors (Lipinski definition) is 1. The number of aliphatic hydroxyl groups excluding tert-OH is 1. The maximum atomic E-state index is 13.2. The van der Waals surface area contributed by atoms with E-state index in [2.05, 4.69) is 10.1 Å². The van der Waals surface area contributed by atoms with E-state index in [9.17, 15) is 9.18 Å². The number of nitrogens with zero attached hydrogens (tertiary/aromatic N) is 3. The molecule has 1 aliphatic heterocycles. The summed E-state index contributed by atoms with van der Waals surface area (Å²) in [6.07, 6.45) is 0. The molecule has 3 rings (SSSR count). The molecule has 0 fully saturated rings. The van der Waals surface area contributed by atoms with Gasteiger partial charge in [0.15, 0.2) is 0 Å². The van der Waals surface area contributed by atoms with Gasteiger partial charge in [0.1, 0.15) is 11.7 Å². The lowest BCUT2D eigenvalue weighted by molar-refractivity contribution is -0.118.